The van der Waals surface area contributed by atoms with E-state index in [9.17, 15) is 9.59 Å². The highest BCUT2D eigenvalue weighted by atomic mass is 16.3. The van der Waals surface area contributed by atoms with E-state index in [1.807, 2.05) is 0 Å². The molecule has 0 saturated carbocycles. The van der Waals surface area contributed by atoms with Gasteiger partial charge in [-0.3, -0.25) is 9.59 Å². The Morgan fingerprint density at radius 1 is 1.69 bits per heavy atom. The van der Waals surface area contributed by atoms with Gasteiger partial charge < -0.3 is 4.42 Å². The Kier molecular flexibility index (Phi) is 3.37. The molecule has 4 nitrogen and oxygen atoms in total. The van der Waals surface area contributed by atoms with Crippen LogP contribution in [-0.4, -0.2) is 17.1 Å². The summed E-state index contributed by atoms with van der Waals surface area (Å²) in [5.74, 6) is -0.112. The highest BCUT2D eigenvalue weighted by Gasteiger charge is 2.10. The van der Waals surface area contributed by atoms with Crippen LogP contribution in [0.2, 0.25) is 0 Å². The number of oxazole rings is 1. The Hall–Kier alpha value is -1.45. The van der Waals surface area contributed by atoms with Crippen LogP contribution in [0.15, 0.2) is 10.7 Å². The molecule has 0 spiro atoms. The van der Waals surface area contributed by atoms with Crippen LogP contribution in [0.3, 0.4) is 0 Å². The lowest BCUT2D eigenvalue weighted by Gasteiger charge is -1.89. The zero-order chi connectivity index (χ0) is 9.68. The number of ketones is 1. The van der Waals surface area contributed by atoms with Crippen molar-refractivity contribution in [1.29, 1.82) is 0 Å². The molecule has 0 unspecified atom stereocenters. The van der Waals surface area contributed by atoms with Gasteiger partial charge in [0.05, 0.1) is 0 Å². The first-order valence-corrected chi connectivity index (χ1v) is 4.21. The number of hydrogen-bond donors (Lipinski definition) is 0. The lowest BCUT2D eigenvalue weighted by molar-refractivity contribution is -0.104. The van der Waals surface area contributed by atoms with Crippen LogP contribution in [0.5, 0.6) is 0 Å². The second-order valence-electron chi connectivity index (χ2n) is 2.71. The summed E-state index contributed by atoms with van der Waals surface area (Å²) < 4.78 is 5.00. The first-order chi connectivity index (χ1) is 6.27. The predicted octanol–water partition coefficient (Wildman–Crippen LogP) is 1.40. The summed E-state index contributed by atoms with van der Waals surface area (Å²) in [4.78, 5) is 24.8. The normalized spacial score (nSPS) is 9.92. The molecule has 1 aromatic rings. The van der Waals surface area contributed by atoms with Crippen molar-refractivity contribution in [2.75, 3.05) is 0 Å². The van der Waals surface area contributed by atoms with Crippen LogP contribution < -0.4 is 0 Å². The Bertz CT molecular complexity index is 304. The number of aldehydes is 1. The van der Waals surface area contributed by atoms with E-state index < -0.39 is 5.78 Å². The number of nitrogens with zero attached hydrogens (tertiary/aromatic N) is 1. The van der Waals surface area contributed by atoms with Gasteiger partial charge in [0.2, 0.25) is 5.78 Å². The largest absolute Gasteiger partial charge is 0.448 e. The molecule has 13 heavy (non-hydrogen) atoms. The van der Waals surface area contributed by atoms with Gasteiger partial charge in [0, 0.05) is 6.42 Å². The van der Waals surface area contributed by atoms with Gasteiger partial charge in [-0.2, -0.15) is 0 Å². The third-order valence-corrected chi connectivity index (χ3v) is 1.66. The van der Waals surface area contributed by atoms with Crippen LogP contribution in [0.25, 0.3) is 0 Å². The standard InChI is InChI=1S/C9H11NO3/c1-2-3-4-9-10-7(6-13-9)8(12)5-11/h5-6H,2-4H2,1H3. The third-order valence-electron chi connectivity index (χ3n) is 1.66. The van der Waals surface area contributed by atoms with Crippen molar-refractivity contribution >= 4 is 12.1 Å². The van der Waals surface area contributed by atoms with E-state index in [0.717, 1.165) is 12.8 Å². The Balaban J connectivity index is 2.63. The number of carbonyl (C=O) groups is 2. The number of carbonyl (C=O) groups excluding carboxylic acids is 2. The monoisotopic (exact) mass is 181 g/mol. The highest BCUT2D eigenvalue weighted by molar-refractivity contribution is 6.32. The van der Waals surface area contributed by atoms with E-state index in [4.69, 9.17) is 4.42 Å². The van der Waals surface area contributed by atoms with E-state index in [1.165, 1.54) is 6.26 Å². The molecule has 1 heterocycles. The predicted molar refractivity (Wildman–Crippen MR) is 45.5 cm³/mol. The van der Waals surface area contributed by atoms with Crippen molar-refractivity contribution in [2.45, 2.75) is 26.2 Å². The van der Waals surface area contributed by atoms with Gasteiger partial charge in [-0.25, -0.2) is 4.98 Å². The molecule has 4 heteroatoms. The summed E-state index contributed by atoms with van der Waals surface area (Å²) in [6, 6.07) is 0. The van der Waals surface area contributed by atoms with Gasteiger partial charge >= 0.3 is 0 Å². The summed E-state index contributed by atoms with van der Waals surface area (Å²) in [6.45, 7) is 2.06. The van der Waals surface area contributed by atoms with Gasteiger partial charge in [0.15, 0.2) is 17.9 Å². The van der Waals surface area contributed by atoms with Crippen LogP contribution in [-0.2, 0) is 11.2 Å². The van der Waals surface area contributed by atoms with Gasteiger partial charge in [-0.05, 0) is 6.42 Å². The molecule has 0 saturated heterocycles. The maximum absolute atomic E-state index is 10.8. The van der Waals surface area contributed by atoms with Crippen LogP contribution in [0.1, 0.15) is 36.1 Å². The van der Waals surface area contributed by atoms with Gasteiger partial charge in [0.1, 0.15) is 6.26 Å². The van der Waals surface area contributed by atoms with E-state index in [2.05, 4.69) is 11.9 Å². The zero-order valence-electron chi connectivity index (χ0n) is 7.45. The number of aryl methyl sites for hydroxylation is 1. The van der Waals surface area contributed by atoms with Gasteiger partial charge in [-0.15, -0.1) is 0 Å². The van der Waals surface area contributed by atoms with E-state index in [0.29, 0.717) is 12.3 Å². The Morgan fingerprint density at radius 2 is 2.46 bits per heavy atom. The smallest absolute Gasteiger partial charge is 0.246 e. The molecule has 0 amide bonds. The third kappa shape index (κ3) is 2.50. The van der Waals surface area contributed by atoms with Crippen molar-refractivity contribution in [2.24, 2.45) is 0 Å². The Labute approximate surface area is 76.0 Å². The maximum atomic E-state index is 10.8. The number of aromatic nitrogens is 1. The summed E-state index contributed by atoms with van der Waals surface area (Å²) in [6.07, 6.45) is 4.18. The maximum Gasteiger partial charge on any atom is 0.246 e. The van der Waals surface area contributed by atoms with Crippen LogP contribution in [0.4, 0.5) is 0 Å². The molecule has 0 bridgehead atoms. The summed E-state index contributed by atoms with van der Waals surface area (Å²) >= 11 is 0. The van der Waals surface area contributed by atoms with Crippen molar-refractivity contribution in [3.63, 3.8) is 0 Å². The van der Waals surface area contributed by atoms with Gasteiger partial charge in [0.25, 0.3) is 0 Å². The molecule has 70 valence electrons. The first-order valence-electron chi connectivity index (χ1n) is 4.21. The van der Waals surface area contributed by atoms with E-state index >= 15 is 0 Å². The van der Waals surface area contributed by atoms with Crippen molar-refractivity contribution < 1.29 is 14.0 Å². The summed E-state index contributed by atoms with van der Waals surface area (Å²) in [5.41, 5.74) is 0.0982. The lowest BCUT2D eigenvalue weighted by Crippen LogP contribution is -2.00. The molecule has 0 aliphatic heterocycles. The van der Waals surface area contributed by atoms with Gasteiger partial charge in [-0.1, -0.05) is 13.3 Å². The minimum atomic E-state index is -0.633. The SMILES string of the molecule is CCCCc1nc(C(=O)C=O)co1. The van der Waals surface area contributed by atoms with Crippen LogP contribution >= 0.6 is 0 Å². The highest BCUT2D eigenvalue weighted by Crippen LogP contribution is 2.05. The zero-order valence-corrected chi connectivity index (χ0v) is 7.45. The molecule has 0 N–H and O–H groups in total. The first kappa shape index (κ1) is 9.64. The van der Waals surface area contributed by atoms with Crippen LogP contribution in [0, 0.1) is 0 Å². The van der Waals surface area contributed by atoms with Crippen molar-refractivity contribution in [3.05, 3.63) is 17.8 Å². The number of rotatable bonds is 5. The summed E-state index contributed by atoms with van der Waals surface area (Å²) in [7, 11) is 0. The molecular weight excluding hydrogens is 170 g/mol. The van der Waals surface area contributed by atoms with Crippen molar-refractivity contribution in [3.8, 4) is 0 Å². The lowest BCUT2D eigenvalue weighted by atomic mass is 10.2. The molecule has 0 aliphatic rings. The number of hydrogen-bond acceptors (Lipinski definition) is 4. The van der Waals surface area contributed by atoms with E-state index in [-0.39, 0.29) is 12.0 Å². The molecule has 1 rings (SSSR count). The molecule has 0 radical (unpaired) electrons. The summed E-state index contributed by atoms with van der Waals surface area (Å²) in [5, 5.41) is 0. The fraction of sp³-hybridized carbons (Fsp3) is 0.444. The average molecular weight is 181 g/mol. The van der Waals surface area contributed by atoms with Crippen molar-refractivity contribution in [1.82, 2.24) is 4.98 Å². The quantitative estimate of drug-likeness (QED) is 0.391. The molecule has 0 aliphatic carbocycles. The second-order valence-corrected chi connectivity index (χ2v) is 2.71. The fourth-order valence-electron chi connectivity index (χ4n) is 0.927. The number of Topliss-reactive ketones (excluding diaryl/α,β-unsaturated/α-hetero) is 1. The molecule has 0 aromatic carbocycles. The molecular formula is C9H11NO3. The minimum absolute atomic E-state index is 0.0982. The average Bonchev–Trinajstić information content (AvgIpc) is 2.62. The minimum Gasteiger partial charge on any atom is -0.448 e. The fourth-order valence-corrected chi connectivity index (χ4v) is 0.927. The second kappa shape index (κ2) is 4.54. The molecule has 0 fully saturated rings. The molecule has 0 atom stereocenters. The topological polar surface area (TPSA) is 60.2 Å². The molecule has 1 aromatic heterocycles. The Morgan fingerprint density at radius 3 is 3.08 bits per heavy atom. The number of unbranched alkanes of at least 4 members (excludes halogenated alkanes) is 1. The van der Waals surface area contributed by atoms with E-state index in [1.54, 1.807) is 0 Å².